The Labute approximate surface area is 73.7 Å². The summed E-state index contributed by atoms with van der Waals surface area (Å²) in [7, 11) is 0. The van der Waals surface area contributed by atoms with Crippen LogP contribution >= 0.6 is 0 Å². The first-order valence-corrected chi connectivity index (χ1v) is 4.64. The molecule has 3 heteroatoms. The third-order valence-corrected chi connectivity index (χ3v) is 2.27. The lowest BCUT2D eigenvalue weighted by atomic mass is 10.1. The predicted octanol–water partition coefficient (Wildman–Crippen LogP) is 0.686. The first kappa shape index (κ1) is 9.68. The molecule has 1 aliphatic heterocycles. The van der Waals surface area contributed by atoms with Crippen LogP contribution in [0.2, 0.25) is 0 Å². The predicted molar refractivity (Wildman–Crippen MR) is 47.2 cm³/mol. The Morgan fingerprint density at radius 2 is 2.17 bits per heavy atom. The van der Waals surface area contributed by atoms with Gasteiger partial charge in [-0.1, -0.05) is 0 Å². The summed E-state index contributed by atoms with van der Waals surface area (Å²) in [5.74, 6) is 0. The highest BCUT2D eigenvalue weighted by molar-refractivity contribution is 5.51. The molecule has 1 saturated heterocycles. The molecular formula is C9H17NO2. The molecule has 3 nitrogen and oxygen atoms in total. The first-order chi connectivity index (χ1) is 5.86. The third kappa shape index (κ3) is 2.91. The second kappa shape index (κ2) is 5.27. The van der Waals surface area contributed by atoms with E-state index in [0.717, 1.165) is 38.8 Å². The molecular weight excluding hydrogens is 154 g/mol. The van der Waals surface area contributed by atoms with Crippen molar-refractivity contribution >= 4 is 6.29 Å². The highest BCUT2D eigenvalue weighted by Gasteiger charge is 2.18. The normalized spacial score (nSPS) is 21.1. The Hall–Kier alpha value is -0.410. The molecule has 12 heavy (non-hydrogen) atoms. The number of hydrogen-bond donors (Lipinski definition) is 0. The zero-order chi connectivity index (χ0) is 8.81. The zero-order valence-electron chi connectivity index (χ0n) is 7.66. The molecule has 0 aliphatic carbocycles. The molecule has 1 aliphatic rings. The SMILES string of the molecule is CCOC1CCN(CC=O)CC1. The van der Waals surface area contributed by atoms with Gasteiger partial charge >= 0.3 is 0 Å². The Kier molecular flexibility index (Phi) is 4.25. The summed E-state index contributed by atoms with van der Waals surface area (Å²) in [4.78, 5) is 12.4. The Morgan fingerprint density at radius 3 is 2.67 bits per heavy atom. The van der Waals surface area contributed by atoms with Crippen molar-refractivity contribution in [2.45, 2.75) is 25.9 Å². The summed E-state index contributed by atoms with van der Waals surface area (Å²) >= 11 is 0. The number of hydrogen-bond acceptors (Lipinski definition) is 3. The van der Waals surface area contributed by atoms with Crippen molar-refractivity contribution in [3.63, 3.8) is 0 Å². The maximum Gasteiger partial charge on any atom is 0.133 e. The molecule has 0 unspecified atom stereocenters. The Bertz CT molecular complexity index is 130. The molecule has 0 saturated carbocycles. The highest BCUT2D eigenvalue weighted by atomic mass is 16.5. The van der Waals surface area contributed by atoms with E-state index in [1.165, 1.54) is 0 Å². The Morgan fingerprint density at radius 1 is 1.50 bits per heavy atom. The van der Waals surface area contributed by atoms with Gasteiger partial charge in [-0.25, -0.2) is 0 Å². The fraction of sp³-hybridized carbons (Fsp3) is 0.889. The smallest absolute Gasteiger partial charge is 0.133 e. The number of piperidine rings is 1. The molecule has 0 atom stereocenters. The van der Waals surface area contributed by atoms with E-state index in [1.54, 1.807) is 0 Å². The van der Waals surface area contributed by atoms with Gasteiger partial charge in [-0.15, -0.1) is 0 Å². The van der Waals surface area contributed by atoms with Gasteiger partial charge in [0.2, 0.25) is 0 Å². The van der Waals surface area contributed by atoms with Crippen LogP contribution in [-0.2, 0) is 9.53 Å². The van der Waals surface area contributed by atoms with Gasteiger partial charge < -0.3 is 9.53 Å². The van der Waals surface area contributed by atoms with Crippen LogP contribution in [0, 0.1) is 0 Å². The van der Waals surface area contributed by atoms with Crippen LogP contribution in [0.4, 0.5) is 0 Å². The molecule has 1 fully saturated rings. The van der Waals surface area contributed by atoms with Crippen LogP contribution in [0.5, 0.6) is 0 Å². The molecule has 0 bridgehead atoms. The fourth-order valence-corrected chi connectivity index (χ4v) is 1.60. The number of likely N-dealkylation sites (tertiary alicyclic amines) is 1. The number of nitrogens with zero attached hydrogens (tertiary/aromatic N) is 1. The summed E-state index contributed by atoms with van der Waals surface area (Å²) in [6, 6.07) is 0. The van der Waals surface area contributed by atoms with Crippen LogP contribution in [-0.4, -0.2) is 43.5 Å². The molecule has 1 heterocycles. The van der Waals surface area contributed by atoms with Crippen LogP contribution in [0.15, 0.2) is 0 Å². The molecule has 0 N–H and O–H groups in total. The summed E-state index contributed by atoms with van der Waals surface area (Å²) < 4.78 is 5.49. The minimum atomic E-state index is 0.429. The monoisotopic (exact) mass is 171 g/mol. The van der Waals surface area contributed by atoms with Crippen LogP contribution in [0.3, 0.4) is 0 Å². The largest absolute Gasteiger partial charge is 0.378 e. The average Bonchev–Trinajstić information content (AvgIpc) is 2.09. The molecule has 0 aromatic heterocycles. The van der Waals surface area contributed by atoms with Crippen molar-refractivity contribution in [1.29, 1.82) is 0 Å². The molecule has 0 radical (unpaired) electrons. The summed E-state index contributed by atoms with van der Waals surface area (Å²) in [5.41, 5.74) is 0. The first-order valence-electron chi connectivity index (χ1n) is 4.64. The van der Waals surface area contributed by atoms with Crippen molar-refractivity contribution < 1.29 is 9.53 Å². The minimum Gasteiger partial charge on any atom is -0.378 e. The standard InChI is InChI=1S/C9H17NO2/c1-2-12-9-3-5-10(6-4-9)7-8-11/h8-9H,2-7H2,1H3. The van der Waals surface area contributed by atoms with Gasteiger partial charge in [-0.05, 0) is 19.8 Å². The molecule has 70 valence electrons. The number of ether oxygens (including phenoxy) is 1. The minimum absolute atomic E-state index is 0.429. The van der Waals surface area contributed by atoms with Crippen LogP contribution in [0.1, 0.15) is 19.8 Å². The number of rotatable bonds is 4. The van der Waals surface area contributed by atoms with Crippen molar-refractivity contribution in [2.75, 3.05) is 26.2 Å². The van der Waals surface area contributed by atoms with Crippen molar-refractivity contribution in [2.24, 2.45) is 0 Å². The fourth-order valence-electron chi connectivity index (χ4n) is 1.60. The van der Waals surface area contributed by atoms with Gasteiger partial charge in [0.25, 0.3) is 0 Å². The van der Waals surface area contributed by atoms with Crippen LogP contribution < -0.4 is 0 Å². The second-order valence-corrected chi connectivity index (χ2v) is 3.12. The van der Waals surface area contributed by atoms with Gasteiger partial charge in [0.05, 0.1) is 12.6 Å². The molecule has 0 amide bonds. The summed E-state index contributed by atoms with van der Waals surface area (Å²) in [6.07, 6.45) is 3.54. The van der Waals surface area contributed by atoms with Crippen molar-refractivity contribution in [1.82, 2.24) is 4.90 Å². The lowest BCUT2D eigenvalue weighted by Crippen LogP contribution is -2.37. The van der Waals surface area contributed by atoms with Crippen molar-refractivity contribution in [3.8, 4) is 0 Å². The zero-order valence-corrected chi connectivity index (χ0v) is 7.66. The van der Waals surface area contributed by atoms with E-state index in [4.69, 9.17) is 4.74 Å². The van der Waals surface area contributed by atoms with E-state index in [2.05, 4.69) is 4.90 Å². The van der Waals surface area contributed by atoms with E-state index >= 15 is 0 Å². The molecule has 0 aromatic carbocycles. The lowest BCUT2D eigenvalue weighted by Gasteiger charge is -2.30. The van der Waals surface area contributed by atoms with Gasteiger partial charge in [0.1, 0.15) is 6.29 Å². The maximum atomic E-state index is 10.2. The maximum absolute atomic E-state index is 10.2. The highest BCUT2D eigenvalue weighted by Crippen LogP contribution is 2.12. The molecule has 0 aromatic rings. The second-order valence-electron chi connectivity index (χ2n) is 3.12. The topological polar surface area (TPSA) is 29.5 Å². The van der Waals surface area contributed by atoms with E-state index in [9.17, 15) is 4.79 Å². The quantitative estimate of drug-likeness (QED) is 0.583. The van der Waals surface area contributed by atoms with E-state index in [-0.39, 0.29) is 0 Å². The van der Waals surface area contributed by atoms with E-state index in [1.807, 2.05) is 6.92 Å². The number of carbonyl (C=O) groups excluding carboxylic acids is 1. The number of aldehydes is 1. The van der Waals surface area contributed by atoms with Gasteiger partial charge in [-0.3, -0.25) is 4.90 Å². The molecule has 1 rings (SSSR count). The van der Waals surface area contributed by atoms with E-state index in [0.29, 0.717) is 12.6 Å². The molecule has 0 spiro atoms. The summed E-state index contributed by atoms with van der Waals surface area (Å²) in [5, 5.41) is 0. The van der Waals surface area contributed by atoms with Gasteiger partial charge in [-0.2, -0.15) is 0 Å². The lowest BCUT2D eigenvalue weighted by molar-refractivity contribution is -0.109. The summed E-state index contributed by atoms with van der Waals surface area (Å²) in [6.45, 7) is 5.42. The van der Waals surface area contributed by atoms with Gasteiger partial charge in [0.15, 0.2) is 0 Å². The van der Waals surface area contributed by atoms with Crippen molar-refractivity contribution in [3.05, 3.63) is 0 Å². The average molecular weight is 171 g/mol. The number of carbonyl (C=O) groups is 1. The van der Waals surface area contributed by atoms with Gasteiger partial charge in [0, 0.05) is 19.7 Å². The van der Waals surface area contributed by atoms with E-state index < -0.39 is 0 Å². The Balaban J connectivity index is 2.15. The van der Waals surface area contributed by atoms with Crippen LogP contribution in [0.25, 0.3) is 0 Å². The third-order valence-electron chi connectivity index (χ3n) is 2.27.